The Balaban J connectivity index is 2.16. The number of ether oxygens (including phenoxy) is 1. The third kappa shape index (κ3) is 7.76. The Labute approximate surface area is 258 Å². The Bertz CT molecular complexity index is 1490. The van der Waals surface area contributed by atoms with E-state index in [4.69, 9.17) is 27.9 Å². The Hall–Kier alpha value is -3.27. The molecule has 0 radical (unpaired) electrons. The first-order valence-electron chi connectivity index (χ1n) is 13.7. The lowest BCUT2D eigenvalue weighted by Gasteiger charge is -2.34. The van der Waals surface area contributed by atoms with Crippen molar-refractivity contribution in [1.82, 2.24) is 10.2 Å². The van der Waals surface area contributed by atoms with Gasteiger partial charge in [-0.1, -0.05) is 66.9 Å². The standard InChI is InChI=1S/C31H37Cl2N3O5S/c1-6-17-34-31(38)27(7-2)35(19-24-25(32)9-8-10-26(24)33)30(37)20-36(28-18-22(4)13-16-29(28)41-5)42(39,40)23-14-11-21(3)12-15-23/h8-16,18,27H,6-7,17,19-20H2,1-5H3,(H,34,38)/t27-/m1/s1. The summed E-state index contributed by atoms with van der Waals surface area (Å²) in [5.41, 5.74) is 2.31. The second-order valence-corrected chi connectivity index (χ2v) is 12.6. The van der Waals surface area contributed by atoms with Gasteiger partial charge in [-0.2, -0.15) is 0 Å². The van der Waals surface area contributed by atoms with E-state index in [9.17, 15) is 18.0 Å². The average Bonchev–Trinajstić information content (AvgIpc) is 2.96. The van der Waals surface area contributed by atoms with Crippen LogP contribution in [0.3, 0.4) is 0 Å². The molecular formula is C31H37Cl2N3O5S. The van der Waals surface area contributed by atoms with Gasteiger partial charge in [0.2, 0.25) is 11.8 Å². The fourth-order valence-electron chi connectivity index (χ4n) is 4.48. The summed E-state index contributed by atoms with van der Waals surface area (Å²) < 4.78 is 34.8. The van der Waals surface area contributed by atoms with E-state index in [0.717, 1.165) is 15.4 Å². The largest absolute Gasteiger partial charge is 0.495 e. The molecule has 0 aliphatic carbocycles. The molecule has 42 heavy (non-hydrogen) atoms. The Morgan fingerprint density at radius 3 is 2.14 bits per heavy atom. The van der Waals surface area contributed by atoms with Gasteiger partial charge < -0.3 is 15.0 Å². The van der Waals surface area contributed by atoms with Gasteiger partial charge in [0.25, 0.3) is 10.0 Å². The van der Waals surface area contributed by atoms with Crippen LogP contribution in [0.5, 0.6) is 5.75 Å². The maximum atomic E-state index is 14.3. The van der Waals surface area contributed by atoms with E-state index < -0.39 is 28.5 Å². The van der Waals surface area contributed by atoms with Crippen LogP contribution in [-0.2, 0) is 26.2 Å². The summed E-state index contributed by atoms with van der Waals surface area (Å²) in [6.07, 6.45) is 0.990. The fourth-order valence-corrected chi connectivity index (χ4v) is 6.42. The molecule has 0 fully saturated rings. The van der Waals surface area contributed by atoms with Gasteiger partial charge in [-0.05, 0) is 68.7 Å². The molecular weight excluding hydrogens is 597 g/mol. The van der Waals surface area contributed by atoms with Crippen LogP contribution in [0.25, 0.3) is 0 Å². The van der Waals surface area contributed by atoms with Gasteiger partial charge in [0.05, 0.1) is 17.7 Å². The maximum Gasteiger partial charge on any atom is 0.264 e. The van der Waals surface area contributed by atoms with E-state index >= 15 is 0 Å². The number of carbonyl (C=O) groups is 2. The van der Waals surface area contributed by atoms with Gasteiger partial charge in [-0.3, -0.25) is 13.9 Å². The zero-order valence-electron chi connectivity index (χ0n) is 24.5. The average molecular weight is 635 g/mol. The predicted octanol–water partition coefficient (Wildman–Crippen LogP) is 6.15. The number of nitrogens with zero attached hydrogens (tertiary/aromatic N) is 2. The van der Waals surface area contributed by atoms with Crippen LogP contribution in [0.1, 0.15) is 43.4 Å². The van der Waals surface area contributed by atoms with Gasteiger partial charge >= 0.3 is 0 Å². The summed E-state index contributed by atoms with van der Waals surface area (Å²) in [6.45, 7) is 7.12. The Kier molecular flexibility index (Phi) is 11.7. The molecule has 11 heteroatoms. The first-order chi connectivity index (χ1) is 19.9. The van der Waals surface area contributed by atoms with Crippen molar-refractivity contribution in [3.8, 4) is 5.75 Å². The van der Waals surface area contributed by atoms with Crippen LogP contribution >= 0.6 is 23.2 Å². The molecule has 0 aromatic heterocycles. The first kappa shape index (κ1) is 33.2. The van der Waals surface area contributed by atoms with Crippen LogP contribution in [-0.4, -0.2) is 51.4 Å². The molecule has 0 unspecified atom stereocenters. The molecule has 3 aromatic carbocycles. The van der Waals surface area contributed by atoms with Crippen molar-refractivity contribution in [2.75, 3.05) is 24.5 Å². The highest BCUT2D eigenvalue weighted by atomic mass is 35.5. The quantitative estimate of drug-likeness (QED) is 0.244. The maximum absolute atomic E-state index is 14.3. The zero-order valence-corrected chi connectivity index (χ0v) is 26.8. The fraction of sp³-hybridized carbons (Fsp3) is 0.355. The monoisotopic (exact) mass is 633 g/mol. The molecule has 3 aromatic rings. The molecule has 0 heterocycles. The van der Waals surface area contributed by atoms with E-state index in [1.165, 1.54) is 24.1 Å². The number of nitrogens with one attached hydrogen (secondary N) is 1. The van der Waals surface area contributed by atoms with Gasteiger partial charge in [0.1, 0.15) is 18.3 Å². The van der Waals surface area contributed by atoms with Gasteiger partial charge in [0.15, 0.2) is 0 Å². The minimum atomic E-state index is -4.25. The number of hydrogen-bond donors (Lipinski definition) is 1. The second kappa shape index (κ2) is 14.8. The lowest BCUT2D eigenvalue weighted by atomic mass is 10.1. The van der Waals surface area contributed by atoms with Crippen molar-refractivity contribution >= 4 is 50.7 Å². The van der Waals surface area contributed by atoms with Crippen LogP contribution in [0.15, 0.2) is 65.6 Å². The molecule has 0 saturated heterocycles. The Morgan fingerprint density at radius 1 is 0.952 bits per heavy atom. The number of aryl methyl sites for hydroxylation is 2. The molecule has 1 N–H and O–H groups in total. The van der Waals surface area contributed by atoms with Crippen LogP contribution in [0.2, 0.25) is 10.0 Å². The predicted molar refractivity (Wildman–Crippen MR) is 168 cm³/mol. The Morgan fingerprint density at radius 2 is 1.57 bits per heavy atom. The normalized spacial score (nSPS) is 12.0. The van der Waals surface area contributed by atoms with Crippen LogP contribution in [0.4, 0.5) is 5.69 Å². The number of hydrogen-bond acceptors (Lipinski definition) is 5. The van der Waals surface area contributed by atoms with Crippen molar-refractivity contribution in [3.63, 3.8) is 0 Å². The number of rotatable bonds is 13. The molecule has 3 rings (SSSR count). The number of amides is 2. The highest BCUT2D eigenvalue weighted by Crippen LogP contribution is 2.34. The lowest BCUT2D eigenvalue weighted by Crippen LogP contribution is -2.52. The SMILES string of the molecule is CCCNC(=O)[C@@H](CC)N(Cc1c(Cl)cccc1Cl)C(=O)CN(c1cc(C)ccc1OC)S(=O)(=O)c1ccc(C)cc1. The number of halogens is 2. The summed E-state index contributed by atoms with van der Waals surface area (Å²) in [4.78, 5) is 28.9. The summed E-state index contributed by atoms with van der Waals surface area (Å²) in [7, 11) is -2.82. The first-order valence-corrected chi connectivity index (χ1v) is 15.9. The highest BCUT2D eigenvalue weighted by molar-refractivity contribution is 7.92. The van der Waals surface area contributed by atoms with Gasteiger partial charge in [-0.25, -0.2) is 8.42 Å². The van der Waals surface area contributed by atoms with E-state index in [2.05, 4.69) is 5.32 Å². The summed E-state index contributed by atoms with van der Waals surface area (Å²) in [6, 6.07) is 15.6. The van der Waals surface area contributed by atoms with Crippen molar-refractivity contribution in [2.45, 2.75) is 58.0 Å². The van der Waals surface area contributed by atoms with Crippen LogP contribution in [0, 0.1) is 13.8 Å². The number of benzene rings is 3. The van der Waals surface area contributed by atoms with E-state index in [0.29, 0.717) is 28.6 Å². The van der Waals surface area contributed by atoms with Crippen molar-refractivity contribution in [3.05, 3.63) is 87.4 Å². The third-order valence-electron chi connectivity index (χ3n) is 6.82. The van der Waals surface area contributed by atoms with Crippen molar-refractivity contribution < 1.29 is 22.7 Å². The molecule has 2 amide bonds. The lowest BCUT2D eigenvalue weighted by molar-refractivity contribution is -0.140. The molecule has 226 valence electrons. The topological polar surface area (TPSA) is 96.0 Å². The van der Waals surface area contributed by atoms with E-state index in [1.807, 2.05) is 20.8 Å². The van der Waals surface area contributed by atoms with E-state index in [1.54, 1.807) is 55.5 Å². The molecule has 1 atom stereocenters. The van der Waals surface area contributed by atoms with Gasteiger partial charge in [-0.15, -0.1) is 0 Å². The molecule has 0 aliphatic rings. The van der Waals surface area contributed by atoms with E-state index in [-0.39, 0.29) is 35.2 Å². The number of methoxy groups -OCH3 is 1. The zero-order chi connectivity index (χ0) is 31.0. The summed E-state index contributed by atoms with van der Waals surface area (Å²) in [5, 5.41) is 3.51. The number of carbonyl (C=O) groups excluding carboxylic acids is 2. The molecule has 0 spiro atoms. The summed E-state index contributed by atoms with van der Waals surface area (Å²) in [5.74, 6) is -0.682. The number of anilines is 1. The van der Waals surface area contributed by atoms with Crippen molar-refractivity contribution in [2.24, 2.45) is 0 Å². The molecule has 0 bridgehead atoms. The molecule has 0 saturated carbocycles. The number of sulfonamides is 1. The second-order valence-electron chi connectivity index (χ2n) is 9.94. The third-order valence-corrected chi connectivity index (χ3v) is 9.30. The minimum absolute atomic E-state index is 0.0119. The highest BCUT2D eigenvalue weighted by Gasteiger charge is 2.35. The smallest absolute Gasteiger partial charge is 0.264 e. The molecule has 8 nitrogen and oxygen atoms in total. The van der Waals surface area contributed by atoms with Crippen molar-refractivity contribution in [1.29, 1.82) is 0 Å². The van der Waals surface area contributed by atoms with Gasteiger partial charge in [0, 0.05) is 28.7 Å². The van der Waals surface area contributed by atoms with Crippen LogP contribution < -0.4 is 14.4 Å². The summed E-state index contributed by atoms with van der Waals surface area (Å²) >= 11 is 12.9. The molecule has 0 aliphatic heterocycles. The minimum Gasteiger partial charge on any atom is -0.495 e.